The number of rotatable bonds is 7. The van der Waals surface area contributed by atoms with Gasteiger partial charge in [0.15, 0.2) is 5.82 Å². The highest BCUT2D eigenvalue weighted by molar-refractivity contribution is 6.16. The predicted molar refractivity (Wildman–Crippen MR) is 146 cm³/mol. The van der Waals surface area contributed by atoms with E-state index in [0.29, 0.717) is 41.5 Å². The van der Waals surface area contributed by atoms with E-state index in [0.717, 1.165) is 22.0 Å². The second-order valence-electron chi connectivity index (χ2n) is 9.35. The van der Waals surface area contributed by atoms with E-state index in [1.165, 1.54) is 24.3 Å². The van der Waals surface area contributed by atoms with Crippen LogP contribution in [0, 0.1) is 11.2 Å². The number of H-pyrrole nitrogens is 1. The zero-order valence-corrected chi connectivity index (χ0v) is 20.6. The largest absolute Gasteiger partial charge is 0.457 e. The quantitative estimate of drug-likeness (QED) is 0.209. The van der Waals surface area contributed by atoms with Crippen LogP contribution in [0.4, 0.5) is 21.6 Å². The molecule has 10 heteroatoms. The first kappa shape index (κ1) is 24.1. The highest BCUT2D eigenvalue weighted by Gasteiger charge is 2.56. The fourth-order valence-electron chi connectivity index (χ4n) is 4.36. The number of nitrogens with one attached hydrogen (secondary N) is 3. The molecule has 0 saturated heterocycles. The number of hydrogen-bond acceptors (Lipinski definition) is 6. The molecule has 0 atom stereocenters. The third kappa shape index (κ3) is 4.75. The number of anilines is 3. The van der Waals surface area contributed by atoms with E-state index in [4.69, 9.17) is 10.5 Å². The Morgan fingerprint density at radius 1 is 0.923 bits per heavy atom. The van der Waals surface area contributed by atoms with E-state index in [-0.39, 0.29) is 5.91 Å². The lowest BCUT2D eigenvalue weighted by atomic mass is 10.0. The number of nitrogens with zero attached hydrogens (tertiary/aromatic N) is 2. The standard InChI is InChI=1S/C29H23FN6O3/c30-18-2-4-19(5-3-18)34-27(37)29(12-13-29)28(38)35-20-6-8-21(9-7-20)39-25-11-14-32-24-15-17(1-10-22(24)25)23-16-33-36-26(23)31/h1-11,14-16H,12-13H2,(H,34,37)(H,35,38)(H3,31,33,36). The number of carbonyl (C=O) groups is 2. The molecule has 5 aromatic rings. The van der Waals surface area contributed by atoms with Crippen LogP contribution in [0.2, 0.25) is 0 Å². The summed E-state index contributed by atoms with van der Waals surface area (Å²) in [7, 11) is 0. The number of ether oxygens (including phenoxy) is 1. The lowest BCUT2D eigenvalue weighted by molar-refractivity contribution is -0.131. The van der Waals surface area contributed by atoms with Gasteiger partial charge in [-0.1, -0.05) is 6.07 Å². The molecule has 0 bridgehead atoms. The molecule has 2 heterocycles. The second-order valence-corrected chi connectivity index (χ2v) is 9.35. The average molecular weight is 523 g/mol. The van der Waals surface area contributed by atoms with Gasteiger partial charge in [0.2, 0.25) is 11.8 Å². The molecule has 2 aromatic heterocycles. The fourth-order valence-corrected chi connectivity index (χ4v) is 4.36. The number of amides is 2. The van der Waals surface area contributed by atoms with Gasteiger partial charge in [0.25, 0.3) is 0 Å². The first-order valence-electron chi connectivity index (χ1n) is 12.3. The minimum absolute atomic E-state index is 0.384. The van der Waals surface area contributed by atoms with Gasteiger partial charge in [0.1, 0.15) is 22.7 Å². The van der Waals surface area contributed by atoms with E-state index in [1.807, 2.05) is 18.2 Å². The highest BCUT2D eigenvalue weighted by Crippen LogP contribution is 2.47. The Morgan fingerprint density at radius 2 is 1.59 bits per heavy atom. The number of halogens is 1. The first-order chi connectivity index (χ1) is 18.9. The van der Waals surface area contributed by atoms with Crippen molar-refractivity contribution in [1.82, 2.24) is 15.2 Å². The summed E-state index contributed by atoms with van der Waals surface area (Å²) in [5, 5.41) is 13.1. The maximum atomic E-state index is 13.1. The van der Waals surface area contributed by atoms with Crippen LogP contribution in [-0.2, 0) is 9.59 Å². The van der Waals surface area contributed by atoms with Crippen LogP contribution in [0.1, 0.15) is 12.8 Å². The van der Waals surface area contributed by atoms with Gasteiger partial charge in [-0.25, -0.2) is 4.39 Å². The number of nitrogen functional groups attached to an aromatic ring is 1. The van der Waals surface area contributed by atoms with Crippen molar-refractivity contribution in [3.8, 4) is 22.6 Å². The molecule has 1 aliphatic rings. The normalized spacial score (nSPS) is 13.6. The van der Waals surface area contributed by atoms with Crippen molar-refractivity contribution in [3.63, 3.8) is 0 Å². The summed E-state index contributed by atoms with van der Waals surface area (Å²) in [4.78, 5) is 30.2. The van der Waals surface area contributed by atoms with Crippen LogP contribution in [0.15, 0.2) is 85.2 Å². The third-order valence-corrected chi connectivity index (χ3v) is 6.74. The summed E-state index contributed by atoms with van der Waals surface area (Å²) in [5.74, 6) is 0.410. The van der Waals surface area contributed by atoms with Gasteiger partial charge in [0.05, 0.1) is 5.52 Å². The molecule has 0 radical (unpaired) electrons. The molecule has 3 aromatic carbocycles. The monoisotopic (exact) mass is 522 g/mol. The Hall–Kier alpha value is -5.25. The maximum Gasteiger partial charge on any atom is 0.240 e. The minimum atomic E-state index is -1.14. The van der Waals surface area contributed by atoms with Gasteiger partial charge in [-0.05, 0) is 85.1 Å². The third-order valence-electron chi connectivity index (χ3n) is 6.74. The van der Waals surface area contributed by atoms with Crippen molar-refractivity contribution in [2.75, 3.05) is 16.4 Å². The van der Waals surface area contributed by atoms with Crippen LogP contribution in [0.25, 0.3) is 22.0 Å². The molecule has 6 rings (SSSR count). The topological polar surface area (TPSA) is 135 Å². The molecule has 1 saturated carbocycles. The van der Waals surface area contributed by atoms with Crippen molar-refractivity contribution in [3.05, 3.63) is 91.0 Å². The van der Waals surface area contributed by atoms with E-state index in [9.17, 15) is 14.0 Å². The number of aromatic amines is 1. The molecule has 1 fully saturated rings. The molecule has 9 nitrogen and oxygen atoms in total. The summed E-state index contributed by atoms with van der Waals surface area (Å²) in [6, 6.07) is 19.9. The number of carbonyl (C=O) groups excluding carboxylic acids is 2. The summed E-state index contributed by atoms with van der Waals surface area (Å²) in [6.45, 7) is 0. The summed E-state index contributed by atoms with van der Waals surface area (Å²) < 4.78 is 19.3. The van der Waals surface area contributed by atoms with Crippen molar-refractivity contribution in [2.45, 2.75) is 12.8 Å². The number of aromatic nitrogens is 3. The SMILES string of the molecule is Nc1n[nH]cc1-c1ccc2c(Oc3ccc(NC(=O)C4(C(=O)Nc5ccc(F)cc5)CC4)cc3)ccnc2c1. The Bertz CT molecular complexity index is 1700. The molecule has 0 spiro atoms. The van der Waals surface area contributed by atoms with Gasteiger partial charge in [0, 0.05) is 34.7 Å². The predicted octanol–water partition coefficient (Wildman–Crippen LogP) is 5.50. The summed E-state index contributed by atoms with van der Waals surface area (Å²) in [6.07, 6.45) is 4.29. The lowest BCUT2D eigenvalue weighted by Gasteiger charge is -2.16. The van der Waals surface area contributed by atoms with Crippen LogP contribution >= 0.6 is 0 Å². The molecule has 0 unspecified atom stereocenters. The Kier molecular flexibility index (Phi) is 5.91. The van der Waals surface area contributed by atoms with Crippen molar-refractivity contribution >= 4 is 39.9 Å². The minimum Gasteiger partial charge on any atom is -0.457 e. The van der Waals surface area contributed by atoms with E-state index in [2.05, 4.69) is 25.8 Å². The number of hydrogen-bond donors (Lipinski definition) is 4. The Morgan fingerprint density at radius 3 is 2.21 bits per heavy atom. The molecular formula is C29H23FN6O3. The number of nitrogens with two attached hydrogens (primary N) is 1. The van der Waals surface area contributed by atoms with Crippen molar-refractivity contribution < 1.29 is 18.7 Å². The van der Waals surface area contributed by atoms with Crippen LogP contribution in [0.3, 0.4) is 0 Å². The fraction of sp³-hybridized carbons (Fsp3) is 0.103. The Balaban J connectivity index is 1.13. The molecule has 1 aliphatic carbocycles. The zero-order valence-electron chi connectivity index (χ0n) is 20.6. The van der Waals surface area contributed by atoms with Gasteiger partial charge in [-0.3, -0.25) is 19.7 Å². The summed E-state index contributed by atoms with van der Waals surface area (Å²) >= 11 is 0. The molecule has 39 heavy (non-hydrogen) atoms. The number of benzene rings is 3. The number of fused-ring (bicyclic) bond motifs is 1. The van der Waals surface area contributed by atoms with Gasteiger partial charge < -0.3 is 21.1 Å². The lowest BCUT2D eigenvalue weighted by Crippen LogP contribution is -2.35. The Labute approximate surface area is 222 Å². The average Bonchev–Trinajstić information content (AvgIpc) is 3.66. The number of pyridine rings is 1. The van der Waals surface area contributed by atoms with Crippen LogP contribution < -0.4 is 21.1 Å². The van der Waals surface area contributed by atoms with Gasteiger partial charge >= 0.3 is 0 Å². The summed E-state index contributed by atoms with van der Waals surface area (Å²) in [5.41, 5.74) is 8.18. The van der Waals surface area contributed by atoms with Crippen molar-refractivity contribution in [1.29, 1.82) is 0 Å². The highest BCUT2D eigenvalue weighted by atomic mass is 19.1. The van der Waals surface area contributed by atoms with Crippen LogP contribution in [0.5, 0.6) is 11.5 Å². The van der Waals surface area contributed by atoms with Crippen LogP contribution in [-0.4, -0.2) is 27.0 Å². The van der Waals surface area contributed by atoms with E-state index >= 15 is 0 Å². The molecule has 5 N–H and O–H groups in total. The van der Waals surface area contributed by atoms with E-state index < -0.39 is 17.1 Å². The molecule has 2 amide bonds. The van der Waals surface area contributed by atoms with Gasteiger partial charge in [-0.2, -0.15) is 5.10 Å². The smallest absolute Gasteiger partial charge is 0.240 e. The maximum absolute atomic E-state index is 13.1. The molecule has 194 valence electrons. The van der Waals surface area contributed by atoms with Crippen molar-refractivity contribution in [2.24, 2.45) is 5.41 Å². The first-order valence-corrected chi connectivity index (χ1v) is 12.3. The molecular weight excluding hydrogens is 499 g/mol. The molecule has 0 aliphatic heterocycles. The zero-order chi connectivity index (χ0) is 27.0. The second kappa shape index (κ2) is 9.56. The van der Waals surface area contributed by atoms with E-state index in [1.54, 1.807) is 42.7 Å². The van der Waals surface area contributed by atoms with Gasteiger partial charge in [-0.15, -0.1) is 0 Å².